The Bertz CT molecular complexity index is 695. The zero-order chi connectivity index (χ0) is 19.4. The van der Waals surface area contributed by atoms with Crippen molar-refractivity contribution in [1.82, 2.24) is 4.90 Å². The molecule has 1 aromatic rings. The number of carbonyl (C=O) groups excluding carboxylic acids is 2. The van der Waals surface area contributed by atoms with Crippen molar-refractivity contribution in [3.63, 3.8) is 0 Å². The molecule has 26 heavy (non-hydrogen) atoms. The van der Waals surface area contributed by atoms with Crippen LogP contribution in [0.2, 0.25) is 0 Å². The number of likely N-dealkylation sites (tertiary alicyclic amines) is 1. The van der Waals surface area contributed by atoms with Gasteiger partial charge in [0.2, 0.25) is 0 Å². The molecule has 1 amide bonds. The second kappa shape index (κ2) is 8.16. The zero-order valence-electron chi connectivity index (χ0n) is 15.4. The van der Waals surface area contributed by atoms with Crippen LogP contribution < -0.4 is 4.74 Å². The molecular weight excluding hydrogens is 340 g/mol. The number of nitrogens with zero attached hydrogens (tertiary/aromatic N) is 2. The molecule has 1 aromatic carbocycles. The van der Waals surface area contributed by atoms with Crippen LogP contribution >= 0.6 is 0 Å². The summed E-state index contributed by atoms with van der Waals surface area (Å²) in [6.45, 7) is 5.48. The Balaban J connectivity index is 2.12. The molecule has 0 spiro atoms. The fourth-order valence-corrected chi connectivity index (χ4v) is 3.30. The Hall–Kier alpha value is -2.64. The van der Waals surface area contributed by atoms with E-state index >= 15 is 0 Å². The monoisotopic (exact) mass is 364 g/mol. The molecule has 0 unspecified atom stereocenters. The number of benzene rings is 1. The van der Waals surface area contributed by atoms with Crippen molar-refractivity contribution in [1.29, 1.82) is 0 Å². The third-order valence-corrected chi connectivity index (χ3v) is 4.69. The third kappa shape index (κ3) is 4.12. The van der Waals surface area contributed by atoms with E-state index in [1.54, 1.807) is 4.90 Å². The van der Waals surface area contributed by atoms with E-state index in [2.05, 4.69) is 0 Å². The Morgan fingerprint density at radius 1 is 1.27 bits per heavy atom. The minimum atomic E-state index is -0.966. The summed E-state index contributed by atoms with van der Waals surface area (Å²) < 4.78 is 10.2. The minimum Gasteiger partial charge on any atom is -0.490 e. The van der Waals surface area contributed by atoms with Crippen LogP contribution in [0.3, 0.4) is 0 Å². The second-order valence-corrected chi connectivity index (χ2v) is 6.57. The highest BCUT2D eigenvalue weighted by atomic mass is 16.6. The Kier molecular flexibility index (Phi) is 6.18. The molecule has 8 nitrogen and oxygen atoms in total. The zero-order valence-corrected chi connectivity index (χ0v) is 15.4. The van der Waals surface area contributed by atoms with Gasteiger partial charge in [0, 0.05) is 18.2 Å². The number of nitro groups is 1. The van der Waals surface area contributed by atoms with Gasteiger partial charge in [-0.2, -0.15) is 0 Å². The number of piperidine rings is 1. The smallest absolute Gasteiger partial charge is 0.339 e. The molecule has 0 bridgehead atoms. The van der Waals surface area contributed by atoms with Crippen molar-refractivity contribution < 1.29 is 24.0 Å². The summed E-state index contributed by atoms with van der Waals surface area (Å²) >= 11 is 0. The average Bonchev–Trinajstić information content (AvgIpc) is 2.60. The molecular formula is C18H24N2O6. The number of hydrogen-bond acceptors (Lipinski definition) is 6. The van der Waals surface area contributed by atoms with Gasteiger partial charge in [-0.1, -0.05) is 0 Å². The highest BCUT2D eigenvalue weighted by molar-refractivity contribution is 5.93. The van der Waals surface area contributed by atoms with Crippen LogP contribution in [0.15, 0.2) is 18.2 Å². The number of hydrogen-bond donors (Lipinski definition) is 0. The largest absolute Gasteiger partial charge is 0.490 e. The topological polar surface area (TPSA) is 99.0 Å². The van der Waals surface area contributed by atoms with E-state index in [4.69, 9.17) is 9.47 Å². The quantitative estimate of drug-likeness (QED) is 0.452. The summed E-state index contributed by atoms with van der Waals surface area (Å²) in [4.78, 5) is 37.2. The Morgan fingerprint density at radius 2 is 1.88 bits per heavy atom. The molecule has 0 saturated carbocycles. The van der Waals surface area contributed by atoms with Crippen molar-refractivity contribution in [3.05, 3.63) is 33.9 Å². The lowest BCUT2D eigenvalue weighted by Gasteiger charge is -2.40. The van der Waals surface area contributed by atoms with E-state index in [9.17, 15) is 19.7 Å². The fourth-order valence-electron chi connectivity index (χ4n) is 3.30. The number of ether oxygens (including phenoxy) is 2. The molecule has 2 rings (SSSR count). The number of methoxy groups -OCH3 is 1. The Morgan fingerprint density at radius 3 is 2.42 bits per heavy atom. The molecule has 1 fully saturated rings. The van der Waals surface area contributed by atoms with Crippen molar-refractivity contribution in [2.75, 3.05) is 7.11 Å². The van der Waals surface area contributed by atoms with Crippen LogP contribution in [0.1, 0.15) is 50.4 Å². The molecule has 1 aliphatic rings. The molecule has 0 aliphatic carbocycles. The highest BCUT2D eigenvalue weighted by Gasteiger charge is 2.33. The van der Waals surface area contributed by atoms with Crippen LogP contribution in [0.4, 0.5) is 5.69 Å². The number of rotatable bonds is 5. The Labute approximate surface area is 152 Å². The van der Waals surface area contributed by atoms with Gasteiger partial charge in [-0.3, -0.25) is 14.9 Å². The fraction of sp³-hybridized carbons (Fsp3) is 0.556. The van der Waals surface area contributed by atoms with Gasteiger partial charge in [0.1, 0.15) is 0 Å². The molecule has 0 radical (unpaired) electrons. The summed E-state index contributed by atoms with van der Waals surface area (Å²) in [7, 11) is 1.31. The van der Waals surface area contributed by atoms with Gasteiger partial charge >= 0.3 is 11.7 Å². The van der Waals surface area contributed by atoms with E-state index in [0.717, 1.165) is 25.3 Å². The molecule has 1 heterocycles. The van der Waals surface area contributed by atoms with Crippen LogP contribution in [-0.4, -0.2) is 47.0 Å². The number of amides is 1. The minimum absolute atomic E-state index is 0.00288. The van der Waals surface area contributed by atoms with E-state index in [-0.39, 0.29) is 35.0 Å². The number of carbonyl (C=O) groups is 2. The van der Waals surface area contributed by atoms with Crippen LogP contribution in [-0.2, 0) is 9.53 Å². The lowest BCUT2D eigenvalue weighted by Crippen LogP contribution is -2.51. The maximum absolute atomic E-state index is 12.7. The number of nitro benzene ring substituents is 1. The molecule has 1 aliphatic heterocycles. The van der Waals surface area contributed by atoms with Crippen molar-refractivity contribution in [2.24, 2.45) is 0 Å². The van der Waals surface area contributed by atoms with Crippen molar-refractivity contribution >= 4 is 17.6 Å². The third-order valence-electron chi connectivity index (χ3n) is 4.69. The molecule has 0 aromatic heterocycles. The molecule has 8 heteroatoms. The highest BCUT2D eigenvalue weighted by Crippen LogP contribution is 2.28. The van der Waals surface area contributed by atoms with E-state index in [0.29, 0.717) is 0 Å². The van der Waals surface area contributed by atoms with Crippen LogP contribution in [0.25, 0.3) is 0 Å². The molecule has 3 atom stereocenters. The first kappa shape index (κ1) is 19.7. The van der Waals surface area contributed by atoms with Crippen LogP contribution in [0.5, 0.6) is 5.75 Å². The van der Waals surface area contributed by atoms with Gasteiger partial charge in [0.25, 0.3) is 5.91 Å². The standard InChI is InChI=1S/C18H24N2O6/c1-11-6-5-7-12(2)19(11)17(21)13(3)26-18(22)14-8-9-16(25-4)15(10-14)20(23)24/h8-13H,5-7H2,1-4H3/t11-,12-,13+/m0/s1. The summed E-state index contributed by atoms with van der Waals surface area (Å²) in [5, 5.41) is 11.1. The van der Waals surface area contributed by atoms with Gasteiger partial charge in [-0.05, 0) is 52.2 Å². The number of esters is 1. The van der Waals surface area contributed by atoms with E-state index in [1.165, 1.54) is 26.2 Å². The lowest BCUT2D eigenvalue weighted by molar-refractivity contribution is -0.385. The average molecular weight is 364 g/mol. The van der Waals surface area contributed by atoms with Gasteiger partial charge in [-0.25, -0.2) is 4.79 Å². The summed E-state index contributed by atoms with van der Waals surface area (Å²) in [5.74, 6) is -0.985. The van der Waals surface area contributed by atoms with Gasteiger partial charge in [-0.15, -0.1) is 0 Å². The van der Waals surface area contributed by atoms with Gasteiger partial charge < -0.3 is 14.4 Å². The van der Waals surface area contributed by atoms with Crippen LogP contribution in [0, 0.1) is 10.1 Å². The first-order valence-electron chi connectivity index (χ1n) is 8.61. The SMILES string of the molecule is COc1ccc(C(=O)O[C@H](C)C(=O)N2[C@@H](C)CCC[C@@H]2C)cc1[N+](=O)[O-]. The summed E-state index contributed by atoms with van der Waals surface area (Å²) in [6.07, 6.45) is 1.94. The predicted molar refractivity (Wildman–Crippen MR) is 94.1 cm³/mol. The maximum atomic E-state index is 12.7. The molecule has 142 valence electrons. The molecule has 1 saturated heterocycles. The first-order chi connectivity index (χ1) is 12.3. The maximum Gasteiger partial charge on any atom is 0.339 e. The predicted octanol–water partition coefficient (Wildman–Crippen LogP) is 2.94. The molecule has 0 N–H and O–H groups in total. The second-order valence-electron chi connectivity index (χ2n) is 6.57. The van der Waals surface area contributed by atoms with Crippen molar-refractivity contribution in [2.45, 2.75) is 58.2 Å². The van der Waals surface area contributed by atoms with E-state index in [1.807, 2.05) is 13.8 Å². The summed E-state index contributed by atoms with van der Waals surface area (Å²) in [6, 6.07) is 3.97. The first-order valence-corrected chi connectivity index (χ1v) is 8.61. The van der Waals surface area contributed by atoms with Crippen molar-refractivity contribution in [3.8, 4) is 5.75 Å². The van der Waals surface area contributed by atoms with Gasteiger partial charge in [0.15, 0.2) is 11.9 Å². The summed E-state index contributed by atoms with van der Waals surface area (Å²) in [5.41, 5.74) is -0.337. The normalized spacial score (nSPS) is 21.0. The lowest BCUT2D eigenvalue weighted by atomic mass is 9.97. The van der Waals surface area contributed by atoms with E-state index < -0.39 is 17.0 Å². The van der Waals surface area contributed by atoms with Gasteiger partial charge in [0.05, 0.1) is 17.6 Å².